The molecule has 1 amide bonds. The van der Waals surface area contributed by atoms with Gasteiger partial charge in [-0.05, 0) is 55.4 Å². The summed E-state index contributed by atoms with van der Waals surface area (Å²) < 4.78 is 24.3. The van der Waals surface area contributed by atoms with E-state index in [1.807, 2.05) is 0 Å². The van der Waals surface area contributed by atoms with Crippen molar-refractivity contribution in [2.24, 2.45) is 17.8 Å². The van der Waals surface area contributed by atoms with E-state index in [1.54, 1.807) is 24.3 Å². The summed E-state index contributed by atoms with van der Waals surface area (Å²) in [5.74, 6) is -0.646. The number of anilines is 1. The van der Waals surface area contributed by atoms with Crippen LogP contribution >= 0.6 is 11.8 Å². The summed E-state index contributed by atoms with van der Waals surface area (Å²) in [7, 11) is 0. The van der Waals surface area contributed by atoms with Gasteiger partial charge >= 0.3 is 0 Å². The van der Waals surface area contributed by atoms with E-state index in [1.165, 1.54) is 6.42 Å². The van der Waals surface area contributed by atoms with Crippen LogP contribution in [0.1, 0.15) is 19.3 Å². The zero-order valence-corrected chi connectivity index (χ0v) is 11.1. The van der Waals surface area contributed by atoms with E-state index in [9.17, 15) is 13.6 Å². The monoisotopic (exact) mass is 283 g/mol. The first kappa shape index (κ1) is 12.9. The third-order valence-electron chi connectivity index (χ3n) is 3.96. The van der Waals surface area contributed by atoms with Crippen LogP contribution in [0.25, 0.3) is 0 Å². The lowest BCUT2D eigenvalue weighted by Gasteiger charge is -2.12. The minimum atomic E-state index is -2.41. The summed E-state index contributed by atoms with van der Waals surface area (Å²) in [6.07, 6.45) is 3.31. The summed E-state index contributed by atoms with van der Waals surface area (Å²) in [6.45, 7) is 0. The zero-order valence-electron chi connectivity index (χ0n) is 10.3. The first-order valence-electron chi connectivity index (χ1n) is 6.47. The van der Waals surface area contributed by atoms with E-state index in [-0.39, 0.29) is 11.8 Å². The fourth-order valence-electron chi connectivity index (χ4n) is 2.89. The number of amides is 1. The van der Waals surface area contributed by atoms with Crippen molar-refractivity contribution in [3.63, 3.8) is 0 Å². The van der Waals surface area contributed by atoms with Gasteiger partial charge in [-0.3, -0.25) is 4.79 Å². The van der Waals surface area contributed by atoms with Gasteiger partial charge in [0.25, 0.3) is 5.76 Å². The van der Waals surface area contributed by atoms with Crippen LogP contribution in [0.5, 0.6) is 0 Å². The standard InChI is InChI=1S/C14H15F2NOS/c15-14(16)19-12-3-1-11(2-4-12)17-13(18)10-6-8-5-9(8)7-10/h1-4,8-10,14H,5-7H2,(H,17,18). The number of hydrogen-bond donors (Lipinski definition) is 1. The van der Waals surface area contributed by atoms with Gasteiger partial charge < -0.3 is 5.32 Å². The Kier molecular flexibility index (Phi) is 3.48. The van der Waals surface area contributed by atoms with E-state index < -0.39 is 5.76 Å². The normalized spacial score (nSPS) is 28.3. The maximum absolute atomic E-state index is 12.2. The van der Waals surface area contributed by atoms with Crippen molar-refractivity contribution in [3.05, 3.63) is 24.3 Å². The quantitative estimate of drug-likeness (QED) is 0.847. The molecule has 2 saturated carbocycles. The predicted octanol–water partition coefficient (Wildman–Crippen LogP) is 3.99. The van der Waals surface area contributed by atoms with Crippen LogP contribution in [-0.4, -0.2) is 11.7 Å². The summed E-state index contributed by atoms with van der Waals surface area (Å²) in [5, 5.41) is 2.87. The highest BCUT2D eigenvalue weighted by atomic mass is 32.2. The molecule has 0 saturated heterocycles. The van der Waals surface area contributed by atoms with Gasteiger partial charge in [-0.15, -0.1) is 0 Å². The Morgan fingerprint density at radius 3 is 2.37 bits per heavy atom. The zero-order chi connectivity index (χ0) is 13.4. The average molecular weight is 283 g/mol. The van der Waals surface area contributed by atoms with Crippen LogP contribution < -0.4 is 5.32 Å². The molecule has 2 atom stereocenters. The lowest BCUT2D eigenvalue weighted by atomic mass is 10.0. The van der Waals surface area contributed by atoms with Gasteiger partial charge in [0.15, 0.2) is 0 Å². The molecule has 2 aliphatic rings. The van der Waals surface area contributed by atoms with Crippen LogP contribution in [0.2, 0.25) is 0 Å². The number of rotatable bonds is 4. The number of carbonyl (C=O) groups excluding carboxylic acids is 1. The van der Waals surface area contributed by atoms with Crippen molar-refractivity contribution in [2.75, 3.05) is 5.32 Å². The molecule has 102 valence electrons. The highest BCUT2D eigenvalue weighted by Gasteiger charge is 2.47. The highest BCUT2D eigenvalue weighted by Crippen LogP contribution is 2.54. The smallest absolute Gasteiger partial charge is 0.288 e. The Balaban J connectivity index is 1.55. The third kappa shape index (κ3) is 3.08. The van der Waals surface area contributed by atoms with Crippen LogP contribution in [-0.2, 0) is 4.79 Å². The van der Waals surface area contributed by atoms with Crippen molar-refractivity contribution in [2.45, 2.75) is 29.9 Å². The number of carbonyl (C=O) groups is 1. The van der Waals surface area contributed by atoms with E-state index in [4.69, 9.17) is 0 Å². The summed E-state index contributed by atoms with van der Waals surface area (Å²) >= 11 is 0.511. The molecule has 3 rings (SSSR count). The molecule has 2 nitrogen and oxygen atoms in total. The van der Waals surface area contributed by atoms with Gasteiger partial charge in [0.1, 0.15) is 0 Å². The topological polar surface area (TPSA) is 29.1 Å². The Morgan fingerprint density at radius 2 is 1.79 bits per heavy atom. The average Bonchev–Trinajstić information content (AvgIpc) is 2.98. The molecule has 1 aromatic carbocycles. The molecule has 2 aliphatic carbocycles. The molecule has 0 aliphatic heterocycles. The maximum atomic E-state index is 12.2. The van der Waals surface area contributed by atoms with E-state index in [0.29, 0.717) is 22.3 Å². The van der Waals surface area contributed by atoms with Gasteiger partial charge in [0.2, 0.25) is 5.91 Å². The molecule has 5 heteroatoms. The number of hydrogen-bond acceptors (Lipinski definition) is 2. The fourth-order valence-corrected chi connectivity index (χ4v) is 3.39. The molecule has 0 spiro atoms. The Hall–Kier alpha value is -1.10. The molecule has 0 heterocycles. The van der Waals surface area contributed by atoms with Crippen LogP contribution in [0, 0.1) is 17.8 Å². The van der Waals surface area contributed by atoms with Crippen molar-refractivity contribution < 1.29 is 13.6 Å². The molecular formula is C14H15F2NOS. The summed E-state index contributed by atoms with van der Waals surface area (Å²) in [5.41, 5.74) is 0.684. The van der Waals surface area contributed by atoms with Crippen molar-refractivity contribution in [3.8, 4) is 0 Å². The second-order valence-electron chi connectivity index (χ2n) is 5.32. The second-order valence-corrected chi connectivity index (χ2v) is 6.38. The second kappa shape index (κ2) is 5.12. The van der Waals surface area contributed by atoms with Gasteiger partial charge in [-0.1, -0.05) is 11.8 Å². The van der Waals surface area contributed by atoms with Gasteiger partial charge in [-0.25, -0.2) is 0 Å². The number of halogens is 2. The van der Waals surface area contributed by atoms with E-state index in [2.05, 4.69) is 5.32 Å². The molecular weight excluding hydrogens is 268 g/mol. The molecule has 1 N–H and O–H groups in total. The molecule has 1 aromatic rings. The number of nitrogens with one attached hydrogen (secondary N) is 1. The predicted molar refractivity (Wildman–Crippen MR) is 71.3 cm³/mol. The maximum Gasteiger partial charge on any atom is 0.288 e. The largest absolute Gasteiger partial charge is 0.326 e. The highest BCUT2D eigenvalue weighted by molar-refractivity contribution is 7.99. The van der Waals surface area contributed by atoms with E-state index in [0.717, 1.165) is 24.7 Å². The van der Waals surface area contributed by atoms with Gasteiger partial charge in [-0.2, -0.15) is 8.78 Å². The number of fused-ring (bicyclic) bond motifs is 1. The molecule has 2 unspecified atom stereocenters. The number of alkyl halides is 2. The van der Waals surface area contributed by atoms with Crippen molar-refractivity contribution >= 4 is 23.4 Å². The van der Waals surface area contributed by atoms with E-state index >= 15 is 0 Å². The number of thioether (sulfide) groups is 1. The Bertz CT molecular complexity index is 467. The van der Waals surface area contributed by atoms with Gasteiger partial charge in [0.05, 0.1) is 0 Å². The third-order valence-corrected chi connectivity index (χ3v) is 4.68. The Morgan fingerprint density at radius 1 is 1.16 bits per heavy atom. The molecule has 0 radical (unpaired) electrons. The first-order valence-corrected chi connectivity index (χ1v) is 7.35. The summed E-state index contributed by atoms with van der Waals surface area (Å²) in [6, 6.07) is 6.58. The van der Waals surface area contributed by atoms with Gasteiger partial charge in [0, 0.05) is 16.5 Å². The van der Waals surface area contributed by atoms with Crippen molar-refractivity contribution in [1.82, 2.24) is 0 Å². The molecule has 19 heavy (non-hydrogen) atoms. The number of benzene rings is 1. The first-order chi connectivity index (χ1) is 9.11. The minimum absolute atomic E-state index is 0.0708. The van der Waals surface area contributed by atoms with Crippen LogP contribution in [0.15, 0.2) is 29.2 Å². The molecule has 0 bridgehead atoms. The minimum Gasteiger partial charge on any atom is -0.326 e. The SMILES string of the molecule is O=C(Nc1ccc(SC(F)F)cc1)C1CC2CC2C1. The lowest BCUT2D eigenvalue weighted by molar-refractivity contribution is -0.120. The molecule has 2 fully saturated rings. The fraction of sp³-hybridized carbons (Fsp3) is 0.500. The van der Waals surface area contributed by atoms with Crippen LogP contribution in [0.3, 0.4) is 0 Å². The van der Waals surface area contributed by atoms with Crippen molar-refractivity contribution in [1.29, 1.82) is 0 Å². The lowest BCUT2D eigenvalue weighted by Crippen LogP contribution is -2.21. The van der Waals surface area contributed by atoms with Crippen LogP contribution in [0.4, 0.5) is 14.5 Å². The summed E-state index contributed by atoms with van der Waals surface area (Å²) in [4.78, 5) is 12.5. The Labute approximate surface area is 115 Å². The molecule has 0 aromatic heterocycles.